The number of nitrogens with zero attached hydrogens (tertiary/aromatic N) is 2. The molecule has 0 radical (unpaired) electrons. The lowest BCUT2D eigenvalue weighted by Gasteiger charge is -2.41. The van der Waals surface area contributed by atoms with Crippen molar-refractivity contribution >= 4 is 5.78 Å². The largest absolute Gasteiger partial charge is 0.497 e. The van der Waals surface area contributed by atoms with E-state index in [0.29, 0.717) is 37.0 Å². The second-order valence-corrected chi connectivity index (χ2v) is 12.8. The van der Waals surface area contributed by atoms with Crippen molar-refractivity contribution in [1.29, 1.82) is 0 Å². The molecule has 5 atom stereocenters. The summed E-state index contributed by atoms with van der Waals surface area (Å²) in [6.45, 7) is 10.2. The van der Waals surface area contributed by atoms with E-state index in [-0.39, 0.29) is 17.4 Å². The van der Waals surface area contributed by atoms with Crippen LogP contribution in [0, 0.1) is 23.7 Å². The van der Waals surface area contributed by atoms with Gasteiger partial charge in [0.1, 0.15) is 17.8 Å². The third kappa shape index (κ3) is 8.41. The van der Waals surface area contributed by atoms with E-state index in [4.69, 9.17) is 4.74 Å². The number of carbonyl (C=O) groups excluding carboxylic acids is 1. The van der Waals surface area contributed by atoms with E-state index in [9.17, 15) is 9.90 Å². The lowest BCUT2D eigenvalue weighted by Crippen LogP contribution is -2.44. The summed E-state index contributed by atoms with van der Waals surface area (Å²) in [5, 5.41) is 11.8. The van der Waals surface area contributed by atoms with Gasteiger partial charge >= 0.3 is 0 Å². The zero-order valence-corrected chi connectivity index (χ0v) is 26.1. The number of rotatable bonds is 10. The summed E-state index contributed by atoms with van der Waals surface area (Å²) in [5.41, 5.74) is 2.43. The van der Waals surface area contributed by atoms with E-state index in [1.54, 1.807) is 7.11 Å². The number of Topliss-reactive ketones (excluding diaryl/α,β-unsaturated/α-hetero) is 1. The number of hydrogen-bond donors (Lipinski definition) is 1. The standard InChI is InChI=1S/C35H54N2O3/c1-26(2)27(3)23-32(38)24-30-13-11-20-35(36(5)6,31-14-9-8-10-15-31)21-12-22-37(34(39)28(30)4)25-29-16-18-33(40-7)19-17-29/h8-10,14-19,26-28,30,34,39H,11-13,20-25H2,1-7H3/t27?,28?,30?,34?,35-/m1/s1. The molecule has 3 rings (SSSR count). The van der Waals surface area contributed by atoms with Gasteiger partial charge in [0.05, 0.1) is 7.11 Å². The molecule has 222 valence electrons. The average molecular weight is 551 g/mol. The molecule has 2 aromatic rings. The van der Waals surface area contributed by atoms with Crippen molar-refractivity contribution in [3.05, 3.63) is 65.7 Å². The van der Waals surface area contributed by atoms with Gasteiger partial charge in [-0.05, 0) is 86.7 Å². The van der Waals surface area contributed by atoms with E-state index >= 15 is 0 Å². The molecule has 5 heteroatoms. The third-order valence-corrected chi connectivity index (χ3v) is 9.68. The molecule has 0 amide bonds. The van der Waals surface area contributed by atoms with Gasteiger partial charge in [-0.3, -0.25) is 14.6 Å². The molecule has 1 heterocycles. The molecule has 1 N–H and O–H groups in total. The van der Waals surface area contributed by atoms with Crippen molar-refractivity contribution < 1.29 is 14.6 Å². The first-order chi connectivity index (χ1) is 19.1. The molecule has 0 bridgehead atoms. The predicted molar refractivity (Wildman–Crippen MR) is 165 cm³/mol. The van der Waals surface area contributed by atoms with E-state index in [1.807, 2.05) is 12.1 Å². The summed E-state index contributed by atoms with van der Waals surface area (Å²) < 4.78 is 5.36. The van der Waals surface area contributed by atoms with Crippen LogP contribution in [0.5, 0.6) is 5.75 Å². The molecule has 1 aliphatic heterocycles. The lowest BCUT2D eigenvalue weighted by molar-refractivity contribution is -0.123. The van der Waals surface area contributed by atoms with Crippen LogP contribution in [0.4, 0.5) is 0 Å². The molecule has 2 aromatic carbocycles. The fourth-order valence-corrected chi connectivity index (χ4v) is 6.47. The normalized spacial score (nSPS) is 25.9. The van der Waals surface area contributed by atoms with Gasteiger partial charge in [0.2, 0.25) is 0 Å². The first-order valence-corrected chi connectivity index (χ1v) is 15.4. The Morgan fingerprint density at radius 1 is 1.05 bits per heavy atom. The summed E-state index contributed by atoms with van der Waals surface area (Å²) >= 11 is 0. The minimum atomic E-state index is -0.606. The van der Waals surface area contributed by atoms with Gasteiger partial charge < -0.3 is 9.84 Å². The van der Waals surface area contributed by atoms with Crippen molar-refractivity contribution in [1.82, 2.24) is 9.80 Å². The van der Waals surface area contributed by atoms with Crippen molar-refractivity contribution in [2.24, 2.45) is 23.7 Å². The molecule has 1 saturated heterocycles. The summed E-state index contributed by atoms with van der Waals surface area (Å²) in [6.07, 6.45) is 5.56. The Morgan fingerprint density at radius 2 is 1.70 bits per heavy atom. The van der Waals surface area contributed by atoms with E-state index in [2.05, 4.69) is 94.1 Å². The summed E-state index contributed by atoms with van der Waals surface area (Å²) in [4.78, 5) is 17.9. The van der Waals surface area contributed by atoms with Gasteiger partial charge in [-0.2, -0.15) is 0 Å². The Balaban J connectivity index is 1.92. The number of hydrogen-bond acceptors (Lipinski definition) is 5. The minimum absolute atomic E-state index is 0.000126. The number of aliphatic hydroxyl groups excluding tert-OH is 1. The topological polar surface area (TPSA) is 53.0 Å². The fourth-order valence-electron chi connectivity index (χ4n) is 6.47. The van der Waals surface area contributed by atoms with Gasteiger partial charge in [-0.25, -0.2) is 0 Å². The van der Waals surface area contributed by atoms with Crippen molar-refractivity contribution in [3.63, 3.8) is 0 Å². The molecule has 0 aliphatic carbocycles. The molecule has 4 unspecified atom stereocenters. The first-order valence-electron chi connectivity index (χ1n) is 15.4. The van der Waals surface area contributed by atoms with Crippen LogP contribution >= 0.6 is 0 Å². The Labute approximate surface area is 243 Å². The lowest BCUT2D eigenvalue weighted by atomic mass is 9.77. The number of aliphatic hydroxyl groups is 1. The molecule has 40 heavy (non-hydrogen) atoms. The Bertz CT molecular complexity index is 1020. The second-order valence-electron chi connectivity index (χ2n) is 12.8. The highest BCUT2D eigenvalue weighted by molar-refractivity contribution is 5.78. The highest BCUT2D eigenvalue weighted by atomic mass is 16.5. The maximum Gasteiger partial charge on any atom is 0.133 e. The van der Waals surface area contributed by atoms with Crippen LogP contribution in [0.25, 0.3) is 0 Å². The quantitative estimate of drug-likeness (QED) is 0.341. The van der Waals surface area contributed by atoms with Crippen LogP contribution in [0.2, 0.25) is 0 Å². The van der Waals surface area contributed by atoms with Gasteiger partial charge in [-0.15, -0.1) is 0 Å². The number of methoxy groups -OCH3 is 1. The molecular weight excluding hydrogens is 496 g/mol. The number of ether oxygens (including phenoxy) is 1. The van der Waals surface area contributed by atoms with Crippen LogP contribution in [0.3, 0.4) is 0 Å². The highest BCUT2D eigenvalue weighted by Crippen LogP contribution is 2.40. The Hall–Kier alpha value is -2.21. The first kappa shape index (κ1) is 32.3. The molecule has 5 nitrogen and oxygen atoms in total. The average Bonchev–Trinajstić information content (AvgIpc) is 2.96. The molecule has 1 aliphatic rings. The molecule has 0 aromatic heterocycles. The number of benzene rings is 2. The monoisotopic (exact) mass is 550 g/mol. The fraction of sp³-hybridized carbons (Fsp3) is 0.629. The highest BCUT2D eigenvalue weighted by Gasteiger charge is 2.37. The van der Waals surface area contributed by atoms with Crippen molar-refractivity contribution in [3.8, 4) is 5.75 Å². The van der Waals surface area contributed by atoms with Crippen LogP contribution < -0.4 is 4.74 Å². The molecular formula is C35H54N2O3. The van der Waals surface area contributed by atoms with Crippen LogP contribution in [0.1, 0.15) is 83.8 Å². The second kappa shape index (κ2) is 15.1. The van der Waals surface area contributed by atoms with Gasteiger partial charge in [0.15, 0.2) is 0 Å². The smallest absolute Gasteiger partial charge is 0.133 e. The van der Waals surface area contributed by atoms with E-state index < -0.39 is 6.23 Å². The van der Waals surface area contributed by atoms with E-state index in [0.717, 1.165) is 50.0 Å². The van der Waals surface area contributed by atoms with Gasteiger partial charge in [-0.1, -0.05) is 76.6 Å². The third-order valence-electron chi connectivity index (χ3n) is 9.68. The molecule has 0 saturated carbocycles. The van der Waals surface area contributed by atoms with Crippen molar-refractivity contribution in [2.75, 3.05) is 27.7 Å². The maximum absolute atomic E-state index is 13.3. The zero-order valence-electron chi connectivity index (χ0n) is 26.1. The zero-order chi connectivity index (χ0) is 29.3. The van der Waals surface area contributed by atoms with Crippen LogP contribution in [-0.4, -0.2) is 54.7 Å². The Morgan fingerprint density at radius 3 is 2.30 bits per heavy atom. The predicted octanol–water partition coefficient (Wildman–Crippen LogP) is 7.13. The Kier molecular flexibility index (Phi) is 12.2. The van der Waals surface area contributed by atoms with E-state index in [1.165, 1.54) is 5.56 Å². The van der Waals surface area contributed by atoms with Crippen molar-refractivity contribution in [2.45, 2.75) is 91.0 Å². The van der Waals surface area contributed by atoms with Gasteiger partial charge in [0, 0.05) is 31.5 Å². The SMILES string of the molecule is COc1ccc(CN2CCC[C@](c3ccccc3)(N(C)C)CCCC(CC(=O)CC(C)C(C)C)C(C)C2O)cc1. The summed E-state index contributed by atoms with van der Waals surface area (Å²) in [7, 11) is 6.09. The van der Waals surface area contributed by atoms with Crippen LogP contribution in [0.15, 0.2) is 54.6 Å². The van der Waals surface area contributed by atoms with Gasteiger partial charge in [0.25, 0.3) is 0 Å². The summed E-state index contributed by atoms with van der Waals surface area (Å²) in [5.74, 6) is 2.19. The summed E-state index contributed by atoms with van der Waals surface area (Å²) in [6, 6.07) is 19.1. The molecule has 0 spiro atoms. The number of ketones is 1. The maximum atomic E-state index is 13.3. The minimum Gasteiger partial charge on any atom is -0.497 e. The number of carbonyl (C=O) groups is 1. The van der Waals surface area contributed by atoms with Crippen LogP contribution in [-0.2, 0) is 16.9 Å². The molecule has 1 fully saturated rings.